The molecule has 0 aliphatic carbocycles. The fourth-order valence-corrected chi connectivity index (χ4v) is 1.85. The fraction of sp³-hybridized carbons (Fsp3) is 0.533. The van der Waals surface area contributed by atoms with Crippen LogP contribution in [-0.4, -0.2) is 12.6 Å². The van der Waals surface area contributed by atoms with Crippen LogP contribution in [0.1, 0.15) is 54.1 Å². The summed E-state index contributed by atoms with van der Waals surface area (Å²) in [5, 5.41) is 0. The highest BCUT2D eigenvalue weighted by atomic mass is 19.4. The van der Waals surface area contributed by atoms with E-state index in [0.717, 1.165) is 19.3 Å². The zero-order chi connectivity index (χ0) is 17.7. The van der Waals surface area contributed by atoms with Gasteiger partial charge >= 0.3 is 18.3 Å². The van der Waals surface area contributed by atoms with Crippen molar-refractivity contribution in [2.75, 3.05) is 6.61 Å². The second-order valence-electron chi connectivity index (χ2n) is 4.99. The number of rotatable bonds is 6. The van der Waals surface area contributed by atoms with E-state index < -0.39 is 35.0 Å². The zero-order valence-electron chi connectivity index (χ0n) is 12.4. The van der Waals surface area contributed by atoms with Gasteiger partial charge < -0.3 is 4.74 Å². The van der Waals surface area contributed by atoms with Crippen molar-refractivity contribution >= 4 is 5.97 Å². The Balaban J connectivity index is 2.94. The third-order valence-corrected chi connectivity index (χ3v) is 3.05. The van der Waals surface area contributed by atoms with Crippen LogP contribution < -0.4 is 0 Å². The van der Waals surface area contributed by atoms with Crippen molar-refractivity contribution in [3.63, 3.8) is 0 Å². The largest absolute Gasteiger partial charge is 0.462 e. The summed E-state index contributed by atoms with van der Waals surface area (Å²) >= 11 is 0. The number of esters is 1. The summed E-state index contributed by atoms with van der Waals surface area (Å²) in [6, 6.07) is 0.700. The molecule has 0 radical (unpaired) electrons. The monoisotopic (exact) mass is 342 g/mol. The summed E-state index contributed by atoms with van der Waals surface area (Å²) in [6.07, 6.45) is -6.87. The first kappa shape index (κ1) is 19.3. The van der Waals surface area contributed by atoms with Crippen molar-refractivity contribution in [1.82, 2.24) is 0 Å². The Bertz CT molecular complexity index is 501. The van der Waals surface area contributed by atoms with Gasteiger partial charge in [0, 0.05) is 0 Å². The Morgan fingerprint density at radius 1 is 0.913 bits per heavy atom. The number of alkyl halides is 6. The molecule has 0 fully saturated rings. The molecule has 0 amide bonds. The van der Waals surface area contributed by atoms with E-state index in [-0.39, 0.29) is 12.7 Å². The molecule has 130 valence electrons. The molecule has 0 unspecified atom stereocenters. The lowest BCUT2D eigenvalue weighted by molar-refractivity contribution is -0.143. The van der Waals surface area contributed by atoms with Gasteiger partial charge in [-0.1, -0.05) is 26.2 Å². The van der Waals surface area contributed by atoms with Crippen molar-refractivity contribution in [3.05, 3.63) is 34.9 Å². The van der Waals surface area contributed by atoms with E-state index >= 15 is 0 Å². The predicted octanol–water partition coefficient (Wildman–Crippen LogP) is 5.46. The molecule has 0 atom stereocenters. The number of unbranched alkanes of at least 4 members (excludes halogenated alkanes) is 3. The van der Waals surface area contributed by atoms with Crippen molar-refractivity contribution in [3.8, 4) is 0 Å². The summed E-state index contributed by atoms with van der Waals surface area (Å²) in [5.41, 5.74) is -3.84. The standard InChI is InChI=1S/C15H16F6O2/c1-2-3-4-5-6-23-13(22)10-7-11(14(16,17)18)9-12(8-10)15(19,20)21/h7-9H,2-6H2,1H3. The molecule has 0 aliphatic rings. The van der Waals surface area contributed by atoms with Gasteiger partial charge in [0.15, 0.2) is 0 Å². The van der Waals surface area contributed by atoms with Gasteiger partial charge in [-0.3, -0.25) is 0 Å². The van der Waals surface area contributed by atoms with Crippen LogP contribution in [0.2, 0.25) is 0 Å². The minimum absolute atomic E-state index is 0.0297. The molecular weight excluding hydrogens is 326 g/mol. The molecule has 0 saturated carbocycles. The van der Waals surface area contributed by atoms with E-state index in [2.05, 4.69) is 0 Å². The highest BCUT2D eigenvalue weighted by Gasteiger charge is 2.37. The Morgan fingerprint density at radius 2 is 1.43 bits per heavy atom. The highest BCUT2D eigenvalue weighted by Crippen LogP contribution is 2.36. The van der Waals surface area contributed by atoms with E-state index in [9.17, 15) is 31.1 Å². The van der Waals surface area contributed by atoms with Crippen LogP contribution in [0.3, 0.4) is 0 Å². The molecular formula is C15H16F6O2. The quantitative estimate of drug-likeness (QED) is 0.390. The van der Waals surface area contributed by atoms with Crippen LogP contribution in [0.5, 0.6) is 0 Å². The molecule has 1 rings (SSSR count). The Morgan fingerprint density at radius 3 is 1.87 bits per heavy atom. The minimum Gasteiger partial charge on any atom is -0.462 e. The topological polar surface area (TPSA) is 26.3 Å². The number of hydrogen-bond donors (Lipinski definition) is 0. The van der Waals surface area contributed by atoms with Gasteiger partial charge in [-0.05, 0) is 24.6 Å². The first-order valence-electron chi connectivity index (χ1n) is 7.02. The summed E-state index contributed by atoms with van der Waals surface area (Å²) in [4.78, 5) is 11.7. The number of benzene rings is 1. The van der Waals surface area contributed by atoms with Gasteiger partial charge in [0.05, 0.1) is 23.3 Å². The summed E-state index contributed by atoms with van der Waals surface area (Å²) in [5.74, 6) is -1.20. The van der Waals surface area contributed by atoms with Crippen LogP contribution in [0.4, 0.5) is 26.3 Å². The van der Waals surface area contributed by atoms with E-state index in [1.807, 2.05) is 6.92 Å². The second kappa shape index (κ2) is 7.70. The maximum atomic E-state index is 12.7. The lowest BCUT2D eigenvalue weighted by Crippen LogP contribution is -2.15. The van der Waals surface area contributed by atoms with Gasteiger partial charge in [-0.25, -0.2) is 4.79 Å². The number of carbonyl (C=O) groups is 1. The predicted molar refractivity (Wildman–Crippen MR) is 70.9 cm³/mol. The molecule has 0 spiro atoms. The summed E-state index contributed by atoms with van der Waals surface area (Å²) in [7, 11) is 0. The fourth-order valence-electron chi connectivity index (χ4n) is 1.85. The highest BCUT2D eigenvalue weighted by molar-refractivity contribution is 5.90. The van der Waals surface area contributed by atoms with E-state index in [4.69, 9.17) is 4.74 Å². The Kier molecular flexibility index (Phi) is 6.47. The van der Waals surface area contributed by atoms with Crippen LogP contribution in [0, 0.1) is 0 Å². The molecule has 8 heteroatoms. The first-order chi connectivity index (χ1) is 10.6. The SMILES string of the molecule is CCCCCCOC(=O)c1cc(C(F)(F)F)cc(C(F)(F)F)c1. The average molecular weight is 342 g/mol. The van der Waals surface area contributed by atoms with Crippen LogP contribution in [-0.2, 0) is 17.1 Å². The Labute approximate surface area is 129 Å². The smallest absolute Gasteiger partial charge is 0.416 e. The Hall–Kier alpha value is -1.73. The molecule has 1 aromatic carbocycles. The molecule has 0 heterocycles. The van der Waals surface area contributed by atoms with Crippen LogP contribution >= 0.6 is 0 Å². The summed E-state index contributed by atoms with van der Waals surface area (Å²) < 4.78 is 80.8. The summed E-state index contributed by atoms with van der Waals surface area (Å²) in [6.45, 7) is 1.92. The second-order valence-corrected chi connectivity index (χ2v) is 4.99. The van der Waals surface area contributed by atoms with E-state index in [0.29, 0.717) is 18.6 Å². The number of carbonyl (C=O) groups excluding carboxylic acids is 1. The normalized spacial score (nSPS) is 12.3. The van der Waals surface area contributed by atoms with Crippen LogP contribution in [0.15, 0.2) is 18.2 Å². The van der Waals surface area contributed by atoms with Gasteiger partial charge in [0.2, 0.25) is 0 Å². The molecule has 0 bridgehead atoms. The first-order valence-corrected chi connectivity index (χ1v) is 7.02. The number of hydrogen-bond acceptors (Lipinski definition) is 2. The van der Waals surface area contributed by atoms with Gasteiger partial charge in [0.1, 0.15) is 0 Å². The van der Waals surface area contributed by atoms with Crippen molar-refractivity contribution in [2.45, 2.75) is 45.0 Å². The van der Waals surface area contributed by atoms with E-state index in [1.54, 1.807) is 0 Å². The molecule has 0 aromatic heterocycles. The maximum absolute atomic E-state index is 12.7. The lowest BCUT2D eigenvalue weighted by atomic mass is 10.0. The number of halogens is 6. The van der Waals surface area contributed by atoms with Gasteiger partial charge in [-0.2, -0.15) is 26.3 Å². The van der Waals surface area contributed by atoms with Crippen molar-refractivity contribution < 1.29 is 35.9 Å². The van der Waals surface area contributed by atoms with Crippen LogP contribution in [0.25, 0.3) is 0 Å². The molecule has 1 aromatic rings. The maximum Gasteiger partial charge on any atom is 0.416 e. The molecule has 0 N–H and O–H groups in total. The number of ether oxygens (including phenoxy) is 1. The van der Waals surface area contributed by atoms with E-state index in [1.165, 1.54) is 0 Å². The third-order valence-electron chi connectivity index (χ3n) is 3.05. The van der Waals surface area contributed by atoms with Crippen molar-refractivity contribution in [1.29, 1.82) is 0 Å². The molecule has 23 heavy (non-hydrogen) atoms. The molecule has 0 saturated heterocycles. The van der Waals surface area contributed by atoms with Gasteiger partial charge in [0.25, 0.3) is 0 Å². The van der Waals surface area contributed by atoms with Gasteiger partial charge in [-0.15, -0.1) is 0 Å². The molecule has 0 aliphatic heterocycles. The average Bonchev–Trinajstić information content (AvgIpc) is 2.44. The third kappa shape index (κ3) is 6.11. The molecule has 2 nitrogen and oxygen atoms in total. The zero-order valence-corrected chi connectivity index (χ0v) is 12.4. The lowest BCUT2D eigenvalue weighted by Gasteiger charge is -2.13. The minimum atomic E-state index is -4.99. The van der Waals surface area contributed by atoms with Crippen molar-refractivity contribution in [2.24, 2.45) is 0 Å².